The van der Waals surface area contributed by atoms with Crippen molar-refractivity contribution in [2.75, 3.05) is 12.9 Å². The first-order valence-corrected chi connectivity index (χ1v) is 13.8. The van der Waals surface area contributed by atoms with E-state index in [1.807, 2.05) is 45.0 Å². The van der Waals surface area contributed by atoms with Gasteiger partial charge in [0, 0.05) is 12.7 Å². The van der Waals surface area contributed by atoms with Crippen LogP contribution in [-0.4, -0.2) is 62.2 Å². The number of hydrogen-bond donors (Lipinski definition) is 0. The third-order valence-electron chi connectivity index (χ3n) is 5.23. The predicted molar refractivity (Wildman–Crippen MR) is 119 cm³/mol. The minimum absolute atomic E-state index is 0.195. The predicted octanol–water partition coefficient (Wildman–Crippen LogP) is 3.83. The SMILES string of the molecule is COc1ccc(CO[C@H]2[C@@H](OC(C)=O)[C@H]3CS[C@]([Si](C)C)(O3)[C@@H]2OC(C)(C)C)cc1. The summed E-state index contributed by atoms with van der Waals surface area (Å²) in [6, 6.07) is 7.78. The molecule has 0 spiro atoms. The molecule has 30 heavy (non-hydrogen) atoms. The highest BCUT2D eigenvalue weighted by Crippen LogP contribution is 2.51. The molecule has 0 N–H and O–H groups in total. The second-order valence-electron chi connectivity index (χ2n) is 8.98. The number of fused-ring (bicyclic) bond motifs is 2. The van der Waals surface area contributed by atoms with E-state index in [1.54, 1.807) is 18.9 Å². The number of hydrogen-bond acceptors (Lipinski definition) is 7. The Labute approximate surface area is 185 Å². The van der Waals surface area contributed by atoms with Gasteiger partial charge in [0.15, 0.2) is 6.10 Å². The Morgan fingerprint density at radius 1 is 1.23 bits per heavy atom. The maximum atomic E-state index is 11.9. The molecule has 5 atom stereocenters. The van der Waals surface area contributed by atoms with Crippen LogP contribution in [0.2, 0.25) is 13.1 Å². The monoisotopic (exact) mass is 453 g/mol. The minimum atomic E-state index is -0.919. The van der Waals surface area contributed by atoms with Crippen molar-refractivity contribution in [3.63, 3.8) is 0 Å². The van der Waals surface area contributed by atoms with Gasteiger partial charge in [-0.05, 0) is 38.5 Å². The number of thioether (sulfide) groups is 1. The number of rotatable bonds is 7. The molecule has 0 amide bonds. The Balaban J connectivity index is 1.91. The topological polar surface area (TPSA) is 63.2 Å². The van der Waals surface area contributed by atoms with E-state index >= 15 is 0 Å². The highest BCUT2D eigenvalue weighted by molar-refractivity contribution is 8.02. The van der Waals surface area contributed by atoms with E-state index in [2.05, 4.69) is 13.1 Å². The molecule has 2 aliphatic heterocycles. The van der Waals surface area contributed by atoms with E-state index < -0.39 is 31.2 Å². The summed E-state index contributed by atoms with van der Waals surface area (Å²) in [7, 11) is 0.727. The summed E-state index contributed by atoms with van der Waals surface area (Å²) < 4.78 is 30.1. The molecule has 167 valence electrons. The van der Waals surface area contributed by atoms with Gasteiger partial charge in [-0.25, -0.2) is 0 Å². The summed E-state index contributed by atoms with van der Waals surface area (Å²) in [5.41, 5.74) is 0.627. The molecule has 2 fully saturated rings. The molecule has 2 aliphatic rings. The summed E-state index contributed by atoms with van der Waals surface area (Å²) in [5, 5.41) is 0. The van der Waals surface area contributed by atoms with Gasteiger partial charge in [-0.15, -0.1) is 11.8 Å². The van der Waals surface area contributed by atoms with Crippen molar-refractivity contribution in [2.45, 2.75) is 82.0 Å². The number of methoxy groups -OCH3 is 1. The number of benzene rings is 1. The third-order valence-corrected chi connectivity index (χ3v) is 9.94. The Kier molecular flexibility index (Phi) is 7.24. The van der Waals surface area contributed by atoms with Crippen molar-refractivity contribution in [1.82, 2.24) is 0 Å². The van der Waals surface area contributed by atoms with Crippen LogP contribution in [0, 0.1) is 0 Å². The van der Waals surface area contributed by atoms with Gasteiger partial charge in [0.25, 0.3) is 0 Å². The highest BCUT2D eigenvalue weighted by atomic mass is 32.2. The van der Waals surface area contributed by atoms with Gasteiger partial charge in [-0.3, -0.25) is 4.79 Å². The first-order valence-electron chi connectivity index (χ1n) is 10.3. The van der Waals surface area contributed by atoms with Crippen molar-refractivity contribution in [3.8, 4) is 5.75 Å². The van der Waals surface area contributed by atoms with Gasteiger partial charge in [0.2, 0.25) is 0 Å². The largest absolute Gasteiger partial charge is 0.497 e. The van der Waals surface area contributed by atoms with Crippen molar-refractivity contribution in [3.05, 3.63) is 29.8 Å². The lowest BCUT2D eigenvalue weighted by Gasteiger charge is -2.50. The highest BCUT2D eigenvalue weighted by Gasteiger charge is 2.63. The van der Waals surface area contributed by atoms with Gasteiger partial charge >= 0.3 is 5.97 Å². The van der Waals surface area contributed by atoms with Crippen molar-refractivity contribution >= 4 is 26.5 Å². The molecule has 2 saturated heterocycles. The fourth-order valence-corrected chi connectivity index (χ4v) is 7.71. The third kappa shape index (κ3) is 5.04. The van der Waals surface area contributed by atoms with Crippen LogP contribution in [-0.2, 0) is 30.3 Å². The lowest BCUT2D eigenvalue weighted by atomic mass is 9.99. The number of carbonyl (C=O) groups is 1. The quantitative estimate of drug-likeness (QED) is 0.459. The van der Waals surface area contributed by atoms with E-state index in [0.29, 0.717) is 6.61 Å². The summed E-state index contributed by atoms with van der Waals surface area (Å²) >= 11 is 1.79. The molecular formula is C22H33O6SSi. The molecule has 0 saturated carbocycles. The van der Waals surface area contributed by atoms with E-state index in [9.17, 15) is 4.79 Å². The van der Waals surface area contributed by atoms with Gasteiger partial charge in [-0.1, -0.05) is 25.2 Å². The summed E-state index contributed by atoms with van der Waals surface area (Å²) in [4.78, 5) is 11.9. The fourth-order valence-electron chi connectivity index (χ4n) is 3.91. The van der Waals surface area contributed by atoms with Crippen LogP contribution in [0.1, 0.15) is 33.3 Å². The second kappa shape index (κ2) is 9.20. The molecule has 1 aromatic rings. The Hall–Kier alpha value is -1.06. The average Bonchev–Trinajstić information content (AvgIpc) is 3.07. The van der Waals surface area contributed by atoms with E-state index in [0.717, 1.165) is 17.1 Å². The van der Waals surface area contributed by atoms with Crippen molar-refractivity contribution < 1.29 is 28.5 Å². The normalized spacial score (nSPS) is 31.1. The van der Waals surface area contributed by atoms with Gasteiger partial charge in [0.05, 0.1) is 28.1 Å². The van der Waals surface area contributed by atoms with Gasteiger partial charge < -0.3 is 23.7 Å². The zero-order valence-electron chi connectivity index (χ0n) is 18.9. The van der Waals surface area contributed by atoms with Crippen LogP contribution in [0.4, 0.5) is 0 Å². The van der Waals surface area contributed by atoms with Crippen LogP contribution < -0.4 is 4.74 Å². The summed E-state index contributed by atoms with van der Waals surface area (Å²) in [6.45, 7) is 12.4. The number of carbonyl (C=O) groups excluding carboxylic acids is 1. The zero-order valence-corrected chi connectivity index (χ0v) is 20.7. The molecule has 8 heteroatoms. The molecule has 0 unspecified atom stereocenters. The standard InChI is InChI=1S/C22H33O6SSi/c1-14(23)26-18-17-13-29-22(27-17,30(6)7)20(28-21(2,3)4)19(18)25-12-15-8-10-16(24-5)11-9-15/h8-11,17-20H,12-13H2,1-7H3/t17-,18+,19+,20-,22-/m1/s1. The molecule has 0 aromatic heterocycles. The molecule has 1 aromatic carbocycles. The molecule has 3 rings (SSSR count). The van der Waals surface area contributed by atoms with E-state index in [4.69, 9.17) is 23.7 Å². The van der Waals surface area contributed by atoms with E-state index in [1.165, 1.54) is 6.92 Å². The van der Waals surface area contributed by atoms with Crippen LogP contribution in [0.3, 0.4) is 0 Å². The van der Waals surface area contributed by atoms with Gasteiger partial charge in [0.1, 0.15) is 28.6 Å². The molecule has 2 bridgehead atoms. The maximum Gasteiger partial charge on any atom is 0.303 e. The fraction of sp³-hybridized carbons (Fsp3) is 0.682. The number of ether oxygens (including phenoxy) is 5. The van der Waals surface area contributed by atoms with Crippen LogP contribution in [0.25, 0.3) is 0 Å². The summed E-state index contributed by atoms with van der Waals surface area (Å²) in [6.07, 6.45) is -1.45. The Morgan fingerprint density at radius 3 is 2.43 bits per heavy atom. The Morgan fingerprint density at radius 2 is 1.90 bits per heavy atom. The summed E-state index contributed by atoms with van der Waals surface area (Å²) in [5.74, 6) is 1.23. The number of esters is 1. The first-order chi connectivity index (χ1) is 14.1. The molecule has 1 radical (unpaired) electrons. The Bertz CT molecular complexity index is 734. The molecular weight excluding hydrogens is 420 g/mol. The molecule has 2 heterocycles. The van der Waals surface area contributed by atoms with Crippen LogP contribution >= 0.6 is 11.8 Å². The first kappa shape index (κ1) is 23.6. The average molecular weight is 454 g/mol. The van der Waals surface area contributed by atoms with Crippen LogP contribution in [0.5, 0.6) is 5.75 Å². The lowest BCUT2D eigenvalue weighted by Crippen LogP contribution is -2.67. The molecule has 6 nitrogen and oxygen atoms in total. The lowest BCUT2D eigenvalue weighted by molar-refractivity contribution is -0.256. The second-order valence-corrected chi connectivity index (χ2v) is 13.3. The van der Waals surface area contributed by atoms with Crippen molar-refractivity contribution in [1.29, 1.82) is 0 Å². The van der Waals surface area contributed by atoms with E-state index in [-0.39, 0.29) is 18.2 Å². The van der Waals surface area contributed by atoms with Crippen molar-refractivity contribution in [2.24, 2.45) is 0 Å². The smallest absolute Gasteiger partial charge is 0.303 e. The van der Waals surface area contributed by atoms with Crippen LogP contribution in [0.15, 0.2) is 24.3 Å². The molecule has 0 aliphatic carbocycles. The maximum absolute atomic E-state index is 11.9. The minimum Gasteiger partial charge on any atom is -0.497 e. The van der Waals surface area contributed by atoms with Gasteiger partial charge in [-0.2, -0.15) is 0 Å². The zero-order chi connectivity index (χ0) is 22.1.